The molecular formula is C14H10N2O3S. The minimum atomic E-state index is -0.187. The predicted octanol–water partition coefficient (Wildman–Crippen LogP) is 2.58. The van der Waals surface area contributed by atoms with Gasteiger partial charge >= 0.3 is 0 Å². The first kappa shape index (κ1) is 12.4. The van der Waals surface area contributed by atoms with Crippen molar-refractivity contribution in [2.24, 2.45) is 0 Å². The van der Waals surface area contributed by atoms with Crippen LogP contribution in [0, 0.1) is 0 Å². The van der Waals surface area contributed by atoms with Crippen LogP contribution in [0.4, 0.5) is 0 Å². The summed E-state index contributed by atoms with van der Waals surface area (Å²) >= 11 is 1.41. The summed E-state index contributed by atoms with van der Waals surface area (Å²) in [4.78, 5) is 18.3. The number of thiazole rings is 1. The predicted molar refractivity (Wildman–Crippen MR) is 76.9 cm³/mol. The molecule has 0 atom stereocenters. The summed E-state index contributed by atoms with van der Waals surface area (Å²) in [7, 11) is 0. The van der Waals surface area contributed by atoms with Gasteiger partial charge in [-0.05, 0) is 24.3 Å². The molecule has 0 saturated carbocycles. The zero-order chi connectivity index (χ0) is 14.1. The minimum Gasteiger partial charge on any atom is -0.504 e. The molecule has 0 fully saturated rings. The zero-order valence-electron chi connectivity index (χ0n) is 10.2. The largest absolute Gasteiger partial charge is 0.504 e. The number of phenolic OH excluding ortho intramolecular Hbond substituents is 2. The molecule has 0 amide bonds. The number of hydrogen-bond acceptors (Lipinski definition) is 5. The van der Waals surface area contributed by atoms with Gasteiger partial charge < -0.3 is 15.2 Å². The molecule has 5 nitrogen and oxygen atoms in total. The lowest BCUT2D eigenvalue weighted by Gasteiger charge is -2.00. The Hall–Kier alpha value is -2.60. The molecular weight excluding hydrogens is 276 g/mol. The van der Waals surface area contributed by atoms with Gasteiger partial charge in [0.1, 0.15) is 5.01 Å². The van der Waals surface area contributed by atoms with E-state index in [4.69, 9.17) is 0 Å². The lowest BCUT2D eigenvalue weighted by atomic mass is 10.1. The van der Waals surface area contributed by atoms with Crippen LogP contribution in [-0.4, -0.2) is 20.2 Å². The zero-order valence-corrected chi connectivity index (χ0v) is 11.0. The van der Waals surface area contributed by atoms with Crippen molar-refractivity contribution in [1.82, 2.24) is 9.97 Å². The van der Waals surface area contributed by atoms with Crippen LogP contribution in [0.1, 0.15) is 0 Å². The molecule has 0 aliphatic heterocycles. The van der Waals surface area contributed by atoms with E-state index in [0.29, 0.717) is 11.3 Å². The summed E-state index contributed by atoms with van der Waals surface area (Å²) in [6.45, 7) is 0. The van der Waals surface area contributed by atoms with Gasteiger partial charge in [0.05, 0.1) is 5.69 Å². The Labute approximate surface area is 117 Å². The fourth-order valence-corrected chi connectivity index (χ4v) is 2.63. The fraction of sp³-hybridized carbons (Fsp3) is 0. The Morgan fingerprint density at radius 2 is 1.90 bits per heavy atom. The van der Waals surface area contributed by atoms with Gasteiger partial charge in [-0.25, -0.2) is 4.98 Å². The van der Waals surface area contributed by atoms with Crippen LogP contribution in [0.25, 0.3) is 21.8 Å². The van der Waals surface area contributed by atoms with Crippen molar-refractivity contribution in [2.75, 3.05) is 0 Å². The molecule has 0 bridgehead atoms. The number of aromatic nitrogens is 2. The number of rotatable bonds is 2. The molecule has 0 saturated heterocycles. The van der Waals surface area contributed by atoms with Gasteiger partial charge in [0.15, 0.2) is 11.5 Å². The summed E-state index contributed by atoms with van der Waals surface area (Å²) in [6.07, 6.45) is 1.57. The fourth-order valence-electron chi connectivity index (χ4n) is 1.80. The smallest absolute Gasteiger partial charge is 0.248 e. The highest BCUT2D eigenvalue weighted by molar-refractivity contribution is 7.13. The van der Waals surface area contributed by atoms with Gasteiger partial charge in [-0.1, -0.05) is 0 Å². The van der Waals surface area contributed by atoms with Crippen molar-refractivity contribution in [2.45, 2.75) is 0 Å². The molecule has 2 heterocycles. The van der Waals surface area contributed by atoms with E-state index < -0.39 is 0 Å². The minimum absolute atomic E-state index is 0.168. The van der Waals surface area contributed by atoms with Crippen molar-refractivity contribution < 1.29 is 10.2 Å². The standard InChI is InChI=1S/C14H10N2O3S/c17-11-2-1-8(5-12(11)18)10-7-20-14(16-10)9-3-4-15-13(19)6-9/h1-7,17-18H,(H,15,19). The quantitative estimate of drug-likeness (QED) is 0.632. The van der Waals surface area contributed by atoms with E-state index in [1.807, 2.05) is 5.38 Å². The maximum Gasteiger partial charge on any atom is 0.248 e. The first-order valence-corrected chi connectivity index (χ1v) is 6.68. The topological polar surface area (TPSA) is 86.2 Å². The monoisotopic (exact) mass is 286 g/mol. The lowest BCUT2D eigenvalue weighted by Crippen LogP contribution is -2.01. The highest BCUT2D eigenvalue weighted by Gasteiger charge is 2.09. The van der Waals surface area contributed by atoms with Crippen molar-refractivity contribution in [3.63, 3.8) is 0 Å². The van der Waals surface area contributed by atoms with E-state index in [-0.39, 0.29) is 17.1 Å². The van der Waals surface area contributed by atoms with E-state index in [2.05, 4.69) is 9.97 Å². The number of pyridine rings is 1. The van der Waals surface area contributed by atoms with E-state index in [9.17, 15) is 15.0 Å². The number of nitrogens with one attached hydrogen (secondary N) is 1. The van der Waals surface area contributed by atoms with Crippen molar-refractivity contribution in [3.8, 4) is 33.3 Å². The van der Waals surface area contributed by atoms with Crippen LogP contribution >= 0.6 is 11.3 Å². The summed E-state index contributed by atoms with van der Waals surface area (Å²) in [5.41, 5.74) is 1.95. The van der Waals surface area contributed by atoms with E-state index in [1.54, 1.807) is 18.3 Å². The third kappa shape index (κ3) is 2.28. The molecule has 3 rings (SSSR count). The van der Waals surface area contributed by atoms with Gasteiger partial charge in [0.2, 0.25) is 5.56 Å². The van der Waals surface area contributed by atoms with Crippen LogP contribution in [0.15, 0.2) is 46.7 Å². The van der Waals surface area contributed by atoms with Crippen LogP contribution in [0.5, 0.6) is 11.5 Å². The Morgan fingerprint density at radius 3 is 2.65 bits per heavy atom. The lowest BCUT2D eigenvalue weighted by molar-refractivity contribution is 0.404. The van der Waals surface area contributed by atoms with Crippen LogP contribution in [0.2, 0.25) is 0 Å². The first-order chi connectivity index (χ1) is 9.63. The number of aromatic amines is 1. The van der Waals surface area contributed by atoms with Gasteiger partial charge in [0, 0.05) is 28.8 Å². The molecule has 0 unspecified atom stereocenters. The van der Waals surface area contributed by atoms with Crippen molar-refractivity contribution in [3.05, 3.63) is 52.3 Å². The normalized spacial score (nSPS) is 10.6. The second-order valence-electron chi connectivity index (χ2n) is 4.18. The van der Waals surface area contributed by atoms with Gasteiger partial charge in [-0.2, -0.15) is 0 Å². The van der Waals surface area contributed by atoms with Gasteiger partial charge in [-0.15, -0.1) is 11.3 Å². The van der Waals surface area contributed by atoms with Crippen molar-refractivity contribution in [1.29, 1.82) is 0 Å². The SMILES string of the molecule is O=c1cc(-c2nc(-c3ccc(O)c(O)c3)cs2)cc[nH]1. The third-order valence-electron chi connectivity index (χ3n) is 2.80. The van der Waals surface area contributed by atoms with Crippen molar-refractivity contribution >= 4 is 11.3 Å². The second kappa shape index (κ2) is 4.82. The third-order valence-corrected chi connectivity index (χ3v) is 3.69. The average molecular weight is 286 g/mol. The van der Waals surface area contributed by atoms with Gasteiger partial charge in [0.25, 0.3) is 0 Å². The molecule has 100 valence electrons. The molecule has 20 heavy (non-hydrogen) atoms. The Morgan fingerprint density at radius 1 is 1.05 bits per heavy atom. The summed E-state index contributed by atoms with van der Waals surface area (Å²) in [5.74, 6) is -0.355. The van der Waals surface area contributed by atoms with E-state index in [1.165, 1.54) is 29.5 Å². The molecule has 0 radical (unpaired) electrons. The van der Waals surface area contributed by atoms with Gasteiger partial charge in [-0.3, -0.25) is 4.79 Å². The van der Waals surface area contributed by atoms with Crippen LogP contribution in [-0.2, 0) is 0 Å². The van der Waals surface area contributed by atoms with Crippen LogP contribution < -0.4 is 5.56 Å². The van der Waals surface area contributed by atoms with E-state index >= 15 is 0 Å². The second-order valence-corrected chi connectivity index (χ2v) is 5.04. The number of phenols is 2. The van der Waals surface area contributed by atoms with Crippen LogP contribution in [0.3, 0.4) is 0 Å². The number of H-pyrrole nitrogens is 1. The number of aromatic hydroxyl groups is 2. The molecule has 0 aliphatic rings. The summed E-state index contributed by atoms with van der Waals surface area (Å²) in [6, 6.07) is 7.80. The number of nitrogens with zero attached hydrogens (tertiary/aromatic N) is 1. The molecule has 2 aromatic heterocycles. The maximum atomic E-state index is 11.3. The summed E-state index contributed by atoms with van der Waals surface area (Å²) < 4.78 is 0. The molecule has 6 heteroatoms. The summed E-state index contributed by atoms with van der Waals surface area (Å²) in [5, 5.41) is 21.4. The van der Waals surface area contributed by atoms with E-state index in [0.717, 1.165) is 10.6 Å². The Bertz CT molecular complexity index is 823. The first-order valence-electron chi connectivity index (χ1n) is 5.80. The highest BCUT2D eigenvalue weighted by Crippen LogP contribution is 2.33. The Kier molecular flexibility index (Phi) is 3.00. The molecule has 0 spiro atoms. The number of hydrogen-bond donors (Lipinski definition) is 3. The molecule has 1 aromatic carbocycles. The highest BCUT2D eigenvalue weighted by atomic mass is 32.1. The molecule has 3 aromatic rings. The average Bonchev–Trinajstić information content (AvgIpc) is 2.92. The Balaban J connectivity index is 2.01. The maximum absolute atomic E-state index is 11.3. The molecule has 0 aliphatic carbocycles. The number of benzene rings is 1. The molecule has 3 N–H and O–H groups in total.